The van der Waals surface area contributed by atoms with Gasteiger partial charge in [0.2, 0.25) is 6.79 Å². The second-order valence-electron chi connectivity index (χ2n) is 6.89. The number of carbonyl (C=O) groups excluding carboxylic acids is 2. The minimum atomic E-state index is -0.266. The van der Waals surface area contributed by atoms with Crippen LogP contribution < -0.4 is 0 Å². The molecule has 0 aliphatic carbocycles. The fourth-order valence-corrected chi connectivity index (χ4v) is 2.76. The quantitative estimate of drug-likeness (QED) is 0.164. The Morgan fingerprint density at radius 1 is 0.520 bits per heavy atom. The Balaban J connectivity index is 3.32. The molecule has 0 saturated carbocycles. The predicted octanol–water partition coefficient (Wildman–Crippen LogP) is 6.31. The number of esters is 2. The first-order valence-electron chi connectivity index (χ1n) is 10.5. The summed E-state index contributed by atoms with van der Waals surface area (Å²) < 4.78 is 9.90. The lowest BCUT2D eigenvalue weighted by atomic mass is 10.1. The van der Waals surface area contributed by atoms with E-state index in [1.165, 1.54) is 64.2 Å². The van der Waals surface area contributed by atoms with Gasteiger partial charge in [0.15, 0.2) is 0 Å². The summed E-state index contributed by atoms with van der Waals surface area (Å²) in [6.07, 6.45) is 17.2. The number of hydrogen-bond acceptors (Lipinski definition) is 4. The van der Waals surface area contributed by atoms with Gasteiger partial charge in [0.25, 0.3) is 0 Å². The maximum absolute atomic E-state index is 11.5. The van der Waals surface area contributed by atoms with E-state index in [1.807, 2.05) is 0 Å². The van der Waals surface area contributed by atoms with Crippen LogP contribution in [0.25, 0.3) is 0 Å². The summed E-state index contributed by atoms with van der Waals surface area (Å²) in [6, 6.07) is 0. The second kappa shape index (κ2) is 19.3. The maximum atomic E-state index is 11.5. The molecule has 0 aliphatic rings. The standard InChI is InChI=1S/C21H40O4/c1-3-5-7-9-11-13-15-17-20(22)24-19-25-21(23)18-16-14-12-10-8-6-4-2/h3-19H2,1-2H3. The van der Waals surface area contributed by atoms with E-state index in [-0.39, 0.29) is 18.7 Å². The van der Waals surface area contributed by atoms with Crippen LogP contribution in [0.1, 0.15) is 117 Å². The van der Waals surface area contributed by atoms with E-state index < -0.39 is 0 Å². The topological polar surface area (TPSA) is 52.6 Å². The molecule has 0 spiro atoms. The lowest BCUT2D eigenvalue weighted by Gasteiger charge is -2.06. The van der Waals surface area contributed by atoms with Crippen molar-refractivity contribution in [2.45, 2.75) is 117 Å². The average Bonchev–Trinajstić information content (AvgIpc) is 2.60. The lowest BCUT2D eigenvalue weighted by molar-refractivity contribution is -0.167. The van der Waals surface area contributed by atoms with Crippen molar-refractivity contribution in [2.24, 2.45) is 0 Å². The van der Waals surface area contributed by atoms with Gasteiger partial charge >= 0.3 is 11.9 Å². The van der Waals surface area contributed by atoms with Crippen LogP contribution in [0.3, 0.4) is 0 Å². The third-order valence-electron chi connectivity index (χ3n) is 4.41. The average molecular weight is 357 g/mol. The fraction of sp³-hybridized carbons (Fsp3) is 0.905. The van der Waals surface area contributed by atoms with Crippen molar-refractivity contribution in [3.8, 4) is 0 Å². The van der Waals surface area contributed by atoms with Crippen LogP contribution in [0.4, 0.5) is 0 Å². The van der Waals surface area contributed by atoms with E-state index in [2.05, 4.69) is 13.8 Å². The van der Waals surface area contributed by atoms with Crippen LogP contribution in [0, 0.1) is 0 Å². The highest BCUT2D eigenvalue weighted by Gasteiger charge is 2.06. The molecule has 0 aromatic rings. The third kappa shape index (κ3) is 19.1. The Morgan fingerprint density at radius 2 is 0.840 bits per heavy atom. The maximum Gasteiger partial charge on any atom is 0.308 e. The number of rotatable bonds is 18. The zero-order chi connectivity index (χ0) is 18.6. The van der Waals surface area contributed by atoms with Crippen molar-refractivity contribution in [2.75, 3.05) is 6.79 Å². The van der Waals surface area contributed by atoms with Gasteiger partial charge in [-0.05, 0) is 12.8 Å². The SMILES string of the molecule is CCCCCCCCCC(=O)OCOC(=O)CCCCCCCCC. The first-order chi connectivity index (χ1) is 12.2. The summed E-state index contributed by atoms with van der Waals surface area (Å²) >= 11 is 0. The first-order valence-corrected chi connectivity index (χ1v) is 10.5. The van der Waals surface area contributed by atoms with Crippen molar-refractivity contribution >= 4 is 11.9 Å². The van der Waals surface area contributed by atoms with Crippen molar-refractivity contribution in [3.05, 3.63) is 0 Å². The number of carbonyl (C=O) groups is 2. The molecule has 0 heterocycles. The van der Waals surface area contributed by atoms with E-state index in [1.54, 1.807) is 0 Å². The summed E-state index contributed by atoms with van der Waals surface area (Å²) in [5.74, 6) is -0.533. The molecule has 0 saturated heterocycles. The molecule has 0 rings (SSSR count). The highest BCUT2D eigenvalue weighted by molar-refractivity contribution is 5.70. The second-order valence-corrected chi connectivity index (χ2v) is 6.89. The van der Waals surface area contributed by atoms with Crippen molar-refractivity contribution < 1.29 is 19.1 Å². The van der Waals surface area contributed by atoms with Gasteiger partial charge in [0, 0.05) is 12.8 Å². The molecule has 0 amide bonds. The zero-order valence-electron chi connectivity index (χ0n) is 16.7. The van der Waals surface area contributed by atoms with Crippen LogP contribution in [0.2, 0.25) is 0 Å². The van der Waals surface area contributed by atoms with Gasteiger partial charge in [0.05, 0.1) is 0 Å². The molecule has 0 aromatic carbocycles. The van der Waals surface area contributed by atoms with E-state index in [4.69, 9.17) is 9.47 Å². The van der Waals surface area contributed by atoms with Gasteiger partial charge in [-0.25, -0.2) is 0 Å². The van der Waals surface area contributed by atoms with E-state index in [0.29, 0.717) is 12.8 Å². The summed E-state index contributed by atoms with van der Waals surface area (Å²) in [4.78, 5) is 23.1. The smallest absolute Gasteiger partial charge is 0.308 e. The molecule has 0 aliphatic heterocycles. The normalized spacial score (nSPS) is 10.6. The zero-order valence-corrected chi connectivity index (χ0v) is 16.7. The minimum absolute atomic E-state index is 0.231. The van der Waals surface area contributed by atoms with Crippen LogP contribution >= 0.6 is 0 Å². The Hall–Kier alpha value is -1.06. The van der Waals surface area contributed by atoms with Gasteiger partial charge in [-0.1, -0.05) is 90.9 Å². The molecule has 0 N–H and O–H groups in total. The molecular weight excluding hydrogens is 316 g/mol. The van der Waals surface area contributed by atoms with Crippen LogP contribution in [0.15, 0.2) is 0 Å². The third-order valence-corrected chi connectivity index (χ3v) is 4.41. The molecule has 0 atom stereocenters. The number of ether oxygens (including phenoxy) is 2. The summed E-state index contributed by atoms with van der Waals surface area (Å²) in [5.41, 5.74) is 0. The Morgan fingerprint density at radius 3 is 1.20 bits per heavy atom. The minimum Gasteiger partial charge on any atom is -0.428 e. The Bertz CT molecular complexity index is 285. The monoisotopic (exact) mass is 356 g/mol. The molecule has 0 fully saturated rings. The molecular formula is C21H40O4. The van der Waals surface area contributed by atoms with Gasteiger partial charge in [-0.3, -0.25) is 9.59 Å². The molecule has 25 heavy (non-hydrogen) atoms. The van der Waals surface area contributed by atoms with E-state index in [9.17, 15) is 9.59 Å². The van der Waals surface area contributed by atoms with Crippen LogP contribution in [-0.2, 0) is 19.1 Å². The van der Waals surface area contributed by atoms with Crippen LogP contribution in [-0.4, -0.2) is 18.7 Å². The highest BCUT2D eigenvalue weighted by Crippen LogP contribution is 2.10. The molecule has 0 unspecified atom stereocenters. The van der Waals surface area contributed by atoms with Crippen LogP contribution in [0.5, 0.6) is 0 Å². The van der Waals surface area contributed by atoms with Crippen molar-refractivity contribution in [1.29, 1.82) is 0 Å². The summed E-state index contributed by atoms with van der Waals surface area (Å²) in [6.45, 7) is 4.18. The lowest BCUT2D eigenvalue weighted by Crippen LogP contribution is -2.12. The highest BCUT2D eigenvalue weighted by atomic mass is 16.7. The molecule has 0 bridgehead atoms. The summed E-state index contributed by atoms with van der Waals surface area (Å²) in [7, 11) is 0. The number of hydrogen-bond donors (Lipinski definition) is 0. The van der Waals surface area contributed by atoms with Crippen molar-refractivity contribution in [3.63, 3.8) is 0 Å². The van der Waals surface area contributed by atoms with Gasteiger partial charge in [0.1, 0.15) is 0 Å². The number of unbranched alkanes of at least 4 members (excludes halogenated alkanes) is 12. The van der Waals surface area contributed by atoms with Gasteiger partial charge < -0.3 is 9.47 Å². The molecule has 4 heteroatoms. The van der Waals surface area contributed by atoms with Crippen molar-refractivity contribution in [1.82, 2.24) is 0 Å². The first kappa shape index (κ1) is 23.9. The Kier molecular flexibility index (Phi) is 18.5. The largest absolute Gasteiger partial charge is 0.428 e. The molecule has 4 nitrogen and oxygen atoms in total. The van der Waals surface area contributed by atoms with E-state index >= 15 is 0 Å². The summed E-state index contributed by atoms with van der Waals surface area (Å²) in [5, 5.41) is 0. The molecule has 0 aromatic heterocycles. The fourth-order valence-electron chi connectivity index (χ4n) is 2.76. The Labute approximate surface area is 155 Å². The molecule has 0 radical (unpaired) electrons. The predicted molar refractivity (Wildman–Crippen MR) is 102 cm³/mol. The molecule has 148 valence electrons. The van der Waals surface area contributed by atoms with Gasteiger partial charge in [-0.15, -0.1) is 0 Å². The van der Waals surface area contributed by atoms with E-state index in [0.717, 1.165) is 25.7 Å². The van der Waals surface area contributed by atoms with Gasteiger partial charge in [-0.2, -0.15) is 0 Å².